The van der Waals surface area contributed by atoms with Gasteiger partial charge in [0.1, 0.15) is 5.75 Å². The second-order valence-corrected chi connectivity index (χ2v) is 9.21. The largest absolute Gasteiger partial charge is 0.492 e. The lowest BCUT2D eigenvalue weighted by molar-refractivity contribution is 0.121. The maximum Gasteiger partial charge on any atom is 0.137 e. The highest BCUT2D eigenvalue weighted by Gasteiger charge is 2.30. The summed E-state index contributed by atoms with van der Waals surface area (Å²) < 4.78 is 6.02. The molecule has 0 radical (unpaired) electrons. The van der Waals surface area contributed by atoms with E-state index in [2.05, 4.69) is 31.0 Å². The molecule has 2 heteroatoms. The van der Waals surface area contributed by atoms with Crippen molar-refractivity contribution in [3.05, 3.63) is 24.0 Å². The van der Waals surface area contributed by atoms with E-state index in [1.165, 1.54) is 77.0 Å². The average molecular weight is 372 g/mol. The van der Waals surface area contributed by atoms with E-state index in [4.69, 9.17) is 4.74 Å². The zero-order chi connectivity index (χ0) is 18.9. The first-order chi connectivity index (χ1) is 13.3. The molecule has 0 aromatic carbocycles. The van der Waals surface area contributed by atoms with Crippen LogP contribution in [0.4, 0.5) is 0 Å². The Morgan fingerprint density at radius 2 is 1.52 bits per heavy atom. The van der Waals surface area contributed by atoms with Crippen LogP contribution < -0.4 is 4.74 Å². The maximum atomic E-state index is 6.02. The van der Waals surface area contributed by atoms with Gasteiger partial charge < -0.3 is 4.74 Å². The number of pyridine rings is 1. The number of aryl methyl sites for hydroxylation is 1. The van der Waals surface area contributed by atoms with Gasteiger partial charge in [-0.05, 0) is 80.8 Å². The van der Waals surface area contributed by atoms with E-state index in [1.54, 1.807) is 0 Å². The number of unbranched alkanes of at least 4 members (excludes halogenated alkanes) is 2. The summed E-state index contributed by atoms with van der Waals surface area (Å²) in [6, 6.07) is 4.17. The molecule has 0 unspecified atom stereocenters. The highest BCUT2D eigenvalue weighted by Crippen LogP contribution is 2.42. The minimum Gasteiger partial charge on any atom is -0.492 e. The van der Waals surface area contributed by atoms with Crippen LogP contribution >= 0.6 is 0 Å². The SMILES string of the molecule is CCCCCC1CCC(C2CCC(COc3ccc(CC)nc3)CC2)CC1. The van der Waals surface area contributed by atoms with Gasteiger partial charge in [0.2, 0.25) is 0 Å². The topological polar surface area (TPSA) is 22.1 Å². The summed E-state index contributed by atoms with van der Waals surface area (Å²) in [6.07, 6.45) is 20.3. The summed E-state index contributed by atoms with van der Waals surface area (Å²) >= 11 is 0. The summed E-state index contributed by atoms with van der Waals surface area (Å²) in [4.78, 5) is 4.44. The number of rotatable bonds is 9. The fraction of sp³-hybridized carbons (Fsp3) is 0.800. The van der Waals surface area contributed by atoms with Gasteiger partial charge in [-0.15, -0.1) is 0 Å². The van der Waals surface area contributed by atoms with Crippen molar-refractivity contribution in [3.63, 3.8) is 0 Å². The van der Waals surface area contributed by atoms with Gasteiger partial charge in [0.25, 0.3) is 0 Å². The van der Waals surface area contributed by atoms with Gasteiger partial charge in [0, 0.05) is 5.69 Å². The predicted molar refractivity (Wildman–Crippen MR) is 114 cm³/mol. The van der Waals surface area contributed by atoms with Crippen LogP contribution in [0.2, 0.25) is 0 Å². The van der Waals surface area contributed by atoms with Crippen LogP contribution in [0.5, 0.6) is 5.75 Å². The van der Waals surface area contributed by atoms with Gasteiger partial charge in [-0.25, -0.2) is 0 Å². The standard InChI is InChI=1S/C25H41NO/c1-3-5-6-7-20-8-12-22(13-9-20)23-14-10-21(11-15-23)19-27-25-17-16-24(4-2)26-18-25/h16-18,20-23H,3-15,19H2,1-2H3. The second-order valence-electron chi connectivity index (χ2n) is 9.21. The summed E-state index contributed by atoms with van der Waals surface area (Å²) in [5, 5.41) is 0. The molecule has 152 valence electrons. The first-order valence-corrected chi connectivity index (χ1v) is 11.9. The van der Waals surface area contributed by atoms with E-state index in [0.717, 1.165) is 48.1 Å². The van der Waals surface area contributed by atoms with E-state index in [9.17, 15) is 0 Å². The van der Waals surface area contributed by atoms with Crippen molar-refractivity contribution in [2.24, 2.45) is 23.7 Å². The van der Waals surface area contributed by atoms with Gasteiger partial charge in [-0.3, -0.25) is 4.98 Å². The number of aromatic nitrogens is 1. The van der Waals surface area contributed by atoms with E-state index < -0.39 is 0 Å². The van der Waals surface area contributed by atoms with Gasteiger partial charge in [-0.1, -0.05) is 52.4 Å². The molecule has 2 aliphatic carbocycles. The van der Waals surface area contributed by atoms with Gasteiger partial charge >= 0.3 is 0 Å². The molecular weight excluding hydrogens is 330 g/mol. The molecule has 1 aromatic rings. The lowest BCUT2D eigenvalue weighted by atomic mass is 9.69. The van der Waals surface area contributed by atoms with Crippen molar-refractivity contribution < 1.29 is 4.74 Å². The van der Waals surface area contributed by atoms with Gasteiger partial charge in [0.15, 0.2) is 0 Å². The summed E-state index contributed by atoms with van der Waals surface area (Å²) in [5.41, 5.74) is 1.14. The molecule has 0 aliphatic heterocycles. The van der Waals surface area contributed by atoms with Crippen LogP contribution in [0.3, 0.4) is 0 Å². The predicted octanol–water partition coefficient (Wildman–Crippen LogP) is 7.22. The minimum atomic E-state index is 0.748. The van der Waals surface area contributed by atoms with Crippen molar-refractivity contribution >= 4 is 0 Å². The smallest absolute Gasteiger partial charge is 0.137 e. The number of ether oxygens (including phenoxy) is 1. The lowest BCUT2D eigenvalue weighted by Gasteiger charge is -2.38. The fourth-order valence-electron chi connectivity index (χ4n) is 5.38. The Hall–Kier alpha value is -1.05. The normalized spacial score (nSPS) is 28.8. The first kappa shape index (κ1) is 20.7. The summed E-state index contributed by atoms with van der Waals surface area (Å²) in [5.74, 6) is 4.77. The molecule has 2 nitrogen and oxygen atoms in total. The quantitative estimate of drug-likeness (QED) is 0.428. The molecule has 1 aromatic heterocycles. The average Bonchev–Trinajstić information content (AvgIpc) is 2.74. The zero-order valence-corrected chi connectivity index (χ0v) is 17.8. The Morgan fingerprint density at radius 3 is 2.07 bits per heavy atom. The highest BCUT2D eigenvalue weighted by atomic mass is 16.5. The Balaban J connectivity index is 1.32. The first-order valence-electron chi connectivity index (χ1n) is 11.9. The number of hydrogen-bond acceptors (Lipinski definition) is 2. The molecule has 2 aliphatic rings. The third-order valence-corrected chi connectivity index (χ3v) is 7.31. The van der Waals surface area contributed by atoms with Crippen molar-refractivity contribution in [1.29, 1.82) is 0 Å². The molecule has 27 heavy (non-hydrogen) atoms. The van der Waals surface area contributed by atoms with Crippen LogP contribution in [-0.2, 0) is 6.42 Å². The van der Waals surface area contributed by atoms with Crippen LogP contribution in [0.25, 0.3) is 0 Å². The molecule has 0 saturated heterocycles. The fourth-order valence-corrected chi connectivity index (χ4v) is 5.38. The third-order valence-electron chi connectivity index (χ3n) is 7.31. The molecule has 3 rings (SSSR count). The highest BCUT2D eigenvalue weighted by molar-refractivity contribution is 5.19. The molecule has 0 amide bonds. The van der Waals surface area contributed by atoms with E-state index in [1.807, 2.05) is 6.20 Å². The van der Waals surface area contributed by atoms with Crippen molar-refractivity contribution in [1.82, 2.24) is 4.98 Å². The Kier molecular flexibility index (Phi) is 8.48. The summed E-state index contributed by atoms with van der Waals surface area (Å²) in [6.45, 7) is 5.33. The molecule has 0 bridgehead atoms. The molecule has 1 heterocycles. The molecule has 0 spiro atoms. The Bertz CT molecular complexity index is 510. The molecular formula is C25H41NO. The van der Waals surface area contributed by atoms with Crippen molar-refractivity contribution in [3.8, 4) is 5.75 Å². The monoisotopic (exact) mass is 371 g/mol. The number of nitrogens with zero attached hydrogens (tertiary/aromatic N) is 1. The Morgan fingerprint density at radius 1 is 0.852 bits per heavy atom. The lowest BCUT2D eigenvalue weighted by Crippen LogP contribution is -2.27. The summed E-state index contributed by atoms with van der Waals surface area (Å²) in [7, 11) is 0. The number of hydrogen-bond donors (Lipinski definition) is 0. The zero-order valence-electron chi connectivity index (χ0n) is 17.8. The van der Waals surface area contributed by atoms with Gasteiger partial charge in [-0.2, -0.15) is 0 Å². The second kappa shape index (κ2) is 11.1. The van der Waals surface area contributed by atoms with Crippen LogP contribution in [-0.4, -0.2) is 11.6 Å². The van der Waals surface area contributed by atoms with Crippen LogP contribution in [0.1, 0.15) is 96.6 Å². The molecule has 2 fully saturated rings. The Labute approximate surface area is 167 Å². The van der Waals surface area contributed by atoms with Crippen molar-refractivity contribution in [2.75, 3.05) is 6.61 Å². The van der Waals surface area contributed by atoms with E-state index in [-0.39, 0.29) is 0 Å². The molecule has 0 N–H and O–H groups in total. The third kappa shape index (κ3) is 6.50. The van der Waals surface area contributed by atoms with E-state index in [0.29, 0.717) is 0 Å². The van der Waals surface area contributed by atoms with Crippen LogP contribution in [0.15, 0.2) is 18.3 Å². The van der Waals surface area contributed by atoms with E-state index >= 15 is 0 Å². The maximum absolute atomic E-state index is 6.02. The molecule has 2 saturated carbocycles. The minimum absolute atomic E-state index is 0.748. The van der Waals surface area contributed by atoms with Gasteiger partial charge in [0.05, 0.1) is 12.8 Å². The molecule has 0 atom stereocenters. The van der Waals surface area contributed by atoms with Crippen LogP contribution in [0, 0.1) is 23.7 Å². The van der Waals surface area contributed by atoms with Crippen molar-refractivity contribution in [2.45, 2.75) is 97.3 Å².